The van der Waals surface area contributed by atoms with Gasteiger partial charge < -0.3 is 14.2 Å². The van der Waals surface area contributed by atoms with Gasteiger partial charge >= 0.3 is 6.09 Å². The largest absolute Gasteiger partial charge is 0.444 e. The molecule has 1 aromatic rings. The van der Waals surface area contributed by atoms with E-state index in [4.69, 9.17) is 4.74 Å². The quantitative estimate of drug-likeness (QED) is 0.834. The summed E-state index contributed by atoms with van der Waals surface area (Å²) < 4.78 is 7.44. The molecule has 0 bridgehead atoms. The summed E-state index contributed by atoms with van der Waals surface area (Å²) in [7, 11) is 0. The van der Waals surface area contributed by atoms with Crippen LogP contribution in [0.2, 0.25) is 0 Å². The molecule has 0 spiro atoms. The van der Waals surface area contributed by atoms with Crippen molar-refractivity contribution in [2.45, 2.75) is 71.3 Å². The highest BCUT2D eigenvalue weighted by molar-refractivity contribution is 5.85. The molecule has 2 amide bonds. The third-order valence-electron chi connectivity index (χ3n) is 4.27. The van der Waals surface area contributed by atoms with Gasteiger partial charge in [-0.2, -0.15) is 0 Å². The van der Waals surface area contributed by atoms with E-state index in [-0.39, 0.29) is 11.9 Å². The van der Waals surface area contributed by atoms with Gasteiger partial charge in [0, 0.05) is 19.1 Å². The molecule has 3 rings (SSSR count). The summed E-state index contributed by atoms with van der Waals surface area (Å²) >= 11 is 0. The van der Waals surface area contributed by atoms with Gasteiger partial charge in [0.05, 0.1) is 6.54 Å². The molecule has 1 aliphatic carbocycles. The van der Waals surface area contributed by atoms with Crippen molar-refractivity contribution >= 4 is 12.0 Å². The molecular formula is C16H25N5O3. The van der Waals surface area contributed by atoms with Gasteiger partial charge in [0.15, 0.2) is 5.82 Å². The number of nitrogens with zero attached hydrogens (tertiary/aromatic N) is 5. The van der Waals surface area contributed by atoms with Crippen LogP contribution in [-0.4, -0.2) is 60.8 Å². The Morgan fingerprint density at radius 1 is 1.33 bits per heavy atom. The van der Waals surface area contributed by atoms with Crippen LogP contribution >= 0.6 is 0 Å². The smallest absolute Gasteiger partial charge is 0.411 e. The van der Waals surface area contributed by atoms with Gasteiger partial charge in [0.25, 0.3) is 0 Å². The Morgan fingerprint density at radius 2 is 2.04 bits per heavy atom. The maximum Gasteiger partial charge on any atom is 0.411 e. The fraction of sp³-hybridized carbons (Fsp3) is 0.750. The summed E-state index contributed by atoms with van der Waals surface area (Å²) in [4.78, 5) is 28.8. The van der Waals surface area contributed by atoms with Gasteiger partial charge in [0.2, 0.25) is 5.91 Å². The lowest BCUT2D eigenvalue weighted by Crippen LogP contribution is -2.52. The molecule has 0 N–H and O–H groups in total. The molecule has 2 heterocycles. The van der Waals surface area contributed by atoms with E-state index in [2.05, 4.69) is 10.2 Å². The van der Waals surface area contributed by atoms with Crippen molar-refractivity contribution in [2.24, 2.45) is 0 Å². The number of hydrogen-bond acceptors (Lipinski definition) is 5. The Labute approximate surface area is 141 Å². The van der Waals surface area contributed by atoms with Gasteiger partial charge in [-0.15, -0.1) is 10.2 Å². The van der Waals surface area contributed by atoms with Crippen molar-refractivity contribution < 1.29 is 14.3 Å². The highest BCUT2D eigenvalue weighted by atomic mass is 16.6. The summed E-state index contributed by atoms with van der Waals surface area (Å²) in [6, 6.07) is -0.436. The van der Waals surface area contributed by atoms with Crippen LogP contribution < -0.4 is 0 Å². The van der Waals surface area contributed by atoms with E-state index in [0.29, 0.717) is 19.6 Å². The van der Waals surface area contributed by atoms with Crippen LogP contribution in [0.15, 0.2) is 6.33 Å². The first-order chi connectivity index (χ1) is 11.3. The second kappa shape index (κ2) is 6.07. The first-order valence-corrected chi connectivity index (χ1v) is 8.43. The van der Waals surface area contributed by atoms with Crippen LogP contribution in [0.25, 0.3) is 0 Å². The molecule has 1 unspecified atom stereocenters. The molecule has 8 nitrogen and oxygen atoms in total. The topological polar surface area (TPSA) is 80.6 Å². The molecule has 0 radical (unpaired) electrons. The maximum absolute atomic E-state index is 12.9. The summed E-state index contributed by atoms with van der Waals surface area (Å²) in [5.74, 6) is 0.707. The molecule has 1 saturated carbocycles. The van der Waals surface area contributed by atoms with Gasteiger partial charge in [-0.3, -0.25) is 9.69 Å². The lowest BCUT2D eigenvalue weighted by atomic mass is 10.2. The SMILES string of the molecule is CC(C(=O)N1CCn2cnnc2C1)N(C(=O)OC(C)(C)C)C1CC1. The Kier molecular flexibility index (Phi) is 4.23. The van der Waals surface area contributed by atoms with Crippen molar-refractivity contribution in [3.8, 4) is 0 Å². The first kappa shape index (κ1) is 16.7. The number of amides is 2. The summed E-state index contributed by atoms with van der Waals surface area (Å²) in [6.45, 7) is 8.98. The van der Waals surface area contributed by atoms with Gasteiger partial charge in [-0.1, -0.05) is 0 Å². The monoisotopic (exact) mass is 335 g/mol. The van der Waals surface area contributed by atoms with Crippen LogP contribution in [0.3, 0.4) is 0 Å². The third kappa shape index (κ3) is 3.52. The Balaban J connectivity index is 1.70. The molecule has 1 aliphatic heterocycles. The lowest BCUT2D eigenvalue weighted by Gasteiger charge is -2.35. The summed E-state index contributed by atoms with van der Waals surface area (Å²) in [5, 5.41) is 7.91. The molecule has 1 fully saturated rings. The number of hydrogen-bond donors (Lipinski definition) is 0. The van der Waals surface area contributed by atoms with Crippen LogP contribution in [0.1, 0.15) is 46.4 Å². The van der Waals surface area contributed by atoms with Gasteiger partial charge in [-0.05, 0) is 40.5 Å². The molecule has 8 heteroatoms. The molecule has 0 saturated heterocycles. The minimum absolute atomic E-state index is 0.0676. The maximum atomic E-state index is 12.9. The third-order valence-corrected chi connectivity index (χ3v) is 4.27. The number of carbonyl (C=O) groups excluding carboxylic acids is 2. The number of carbonyl (C=O) groups is 2. The Morgan fingerprint density at radius 3 is 2.67 bits per heavy atom. The van der Waals surface area contributed by atoms with E-state index in [1.807, 2.05) is 25.3 Å². The van der Waals surface area contributed by atoms with Gasteiger partial charge in [-0.25, -0.2) is 4.79 Å². The molecular weight excluding hydrogens is 310 g/mol. The normalized spacial score (nSPS) is 18.8. The molecule has 24 heavy (non-hydrogen) atoms. The van der Waals surface area contributed by atoms with Crippen LogP contribution in [0, 0.1) is 0 Å². The standard InChI is InChI=1S/C16H25N5O3/c1-11(21(12-5-6-12)15(23)24-16(2,3)4)14(22)19-7-8-20-10-17-18-13(20)9-19/h10-12H,5-9H2,1-4H3. The zero-order chi connectivity index (χ0) is 17.5. The molecule has 2 aliphatic rings. The average molecular weight is 335 g/mol. The van der Waals surface area contributed by atoms with E-state index in [9.17, 15) is 9.59 Å². The van der Waals surface area contributed by atoms with E-state index < -0.39 is 17.7 Å². The zero-order valence-electron chi connectivity index (χ0n) is 14.7. The van der Waals surface area contributed by atoms with Crippen LogP contribution in [0.5, 0.6) is 0 Å². The number of aromatic nitrogens is 3. The first-order valence-electron chi connectivity index (χ1n) is 8.43. The highest BCUT2D eigenvalue weighted by Crippen LogP contribution is 2.31. The van der Waals surface area contributed by atoms with Crippen molar-refractivity contribution in [3.63, 3.8) is 0 Å². The fourth-order valence-electron chi connectivity index (χ4n) is 2.93. The highest BCUT2D eigenvalue weighted by Gasteiger charge is 2.42. The molecule has 0 aromatic carbocycles. The number of ether oxygens (including phenoxy) is 1. The minimum Gasteiger partial charge on any atom is -0.444 e. The second-order valence-electron chi connectivity index (χ2n) is 7.50. The Bertz CT molecular complexity index is 632. The number of rotatable bonds is 3. The van der Waals surface area contributed by atoms with E-state index in [1.165, 1.54) is 0 Å². The fourth-order valence-corrected chi connectivity index (χ4v) is 2.93. The summed E-state index contributed by atoms with van der Waals surface area (Å²) in [5.41, 5.74) is -0.575. The molecule has 1 aromatic heterocycles. The van der Waals surface area contributed by atoms with E-state index in [1.54, 1.807) is 23.1 Å². The number of fused-ring (bicyclic) bond motifs is 1. The van der Waals surface area contributed by atoms with Crippen LogP contribution in [-0.2, 0) is 22.6 Å². The van der Waals surface area contributed by atoms with Crippen molar-refractivity contribution in [2.75, 3.05) is 6.54 Å². The predicted octanol–water partition coefficient (Wildman–Crippen LogP) is 1.41. The van der Waals surface area contributed by atoms with Crippen molar-refractivity contribution in [1.29, 1.82) is 0 Å². The van der Waals surface area contributed by atoms with E-state index >= 15 is 0 Å². The van der Waals surface area contributed by atoms with Crippen molar-refractivity contribution in [1.82, 2.24) is 24.6 Å². The Hall–Kier alpha value is -2.12. The predicted molar refractivity (Wildman–Crippen MR) is 86.0 cm³/mol. The minimum atomic E-state index is -0.575. The molecule has 132 valence electrons. The zero-order valence-corrected chi connectivity index (χ0v) is 14.7. The lowest BCUT2D eigenvalue weighted by molar-refractivity contribution is -0.138. The van der Waals surface area contributed by atoms with Crippen molar-refractivity contribution in [3.05, 3.63) is 12.2 Å². The average Bonchev–Trinajstić information content (AvgIpc) is 3.20. The molecule has 1 atom stereocenters. The second-order valence-corrected chi connectivity index (χ2v) is 7.50. The van der Waals surface area contributed by atoms with Crippen LogP contribution in [0.4, 0.5) is 4.79 Å². The van der Waals surface area contributed by atoms with Gasteiger partial charge in [0.1, 0.15) is 18.0 Å². The summed E-state index contributed by atoms with van der Waals surface area (Å²) in [6.07, 6.45) is 3.11. The van der Waals surface area contributed by atoms with E-state index in [0.717, 1.165) is 18.7 Å².